The molecule has 0 aromatic carbocycles. The summed E-state index contributed by atoms with van der Waals surface area (Å²) >= 11 is 0. The number of hydrogen-bond donors (Lipinski definition) is 1. The van der Waals surface area contributed by atoms with E-state index in [9.17, 15) is 8.42 Å². The standard InChI is InChI=1S/C15H29N.CH4O3S/c1-3-5-6-7-8-9-10-12-16-13-11-15(4-2)14-16;1-5(2,3)4/h14H,3-13H2,1-2H3;1H3,(H,2,3,4). The molecule has 1 N–H and O–H groups in total. The third-order valence-electron chi connectivity index (χ3n) is 3.59. The minimum absolute atomic E-state index is 0.715. The molecule has 4 nitrogen and oxygen atoms in total. The first-order valence-corrected chi connectivity index (χ1v) is 10.1. The molecule has 0 unspecified atom stereocenters. The lowest BCUT2D eigenvalue weighted by atomic mass is 10.1. The van der Waals surface area contributed by atoms with Crippen molar-refractivity contribution in [1.29, 1.82) is 0 Å². The molecule has 0 aromatic rings. The van der Waals surface area contributed by atoms with E-state index in [-0.39, 0.29) is 0 Å². The molecule has 126 valence electrons. The van der Waals surface area contributed by atoms with Crippen LogP contribution in [0.25, 0.3) is 0 Å². The maximum absolute atomic E-state index is 9.19. The molecule has 0 radical (unpaired) electrons. The van der Waals surface area contributed by atoms with Crippen LogP contribution in [0, 0.1) is 0 Å². The van der Waals surface area contributed by atoms with E-state index in [1.807, 2.05) is 0 Å². The van der Waals surface area contributed by atoms with Crippen LogP contribution in [-0.4, -0.2) is 37.2 Å². The predicted molar refractivity (Wildman–Crippen MR) is 90.0 cm³/mol. The van der Waals surface area contributed by atoms with Gasteiger partial charge < -0.3 is 4.90 Å². The van der Waals surface area contributed by atoms with E-state index in [0.29, 0.717) is 6.26 Å². The summed E-state index contributed by atoms with van der Waals surface area (Å²) in [6.45, 7) is 7.12. The number of rotatable bonds is 9. The molecule has 0 aromatic heterocycles. The largest absolute Gasteiger partial charge is 0.377 e. The fourth-order valence-electron chi connectivity index (χ4n) is 2.39. The van der Waals surface area contributed by atoms with Gasteiger partial charge in [-0.05, 0) is 25.5 Å². The first-order chi connectivity index (χ1) is 9.86. The first kappa shape index (κ1) is 20.5. The molecule has 0 fully saturated rings. The van der Waals surface area contributed by atoms with Crippen molar-refractivity contribution in [3.05, 3.63) is 11.8 Å². The highest BCUT2D eigenvalue weighted by Gasteiger charge is 2.09. The minimum atomic E-state index is -3.67. The molecule has 0 spiro atoms. The van der Waals surface area contributed by atoms with Crippen molar-refractivity contribution in [3.8, 4) is 0 Å². The van der Waals surface area contributed by atoms with E-state index in [1.54, 1.807) is 5.57 Å². The zero-order valence-corrected chi connectivity index (χ0v) is 14.8. The molecule has 0 aliphatic carbocycles. The van der Waals surface area contributed by atoms with Gasteiger partial charge in [-0.2, -0.15) is 8.42 Å². The van der Waals surface area contributed by atoms with Crippen LogP contribution in [0.4, 0.5) is 0 Å². The summed E-state index contributed by atoms with van der Waals surface area (Å²) in [7, 11) is -3.67. The lowest BCUT2D eigenvalue weighted by molar-refractivity contribution is 0.388. The second kappa shape index (κ2) is 12.0. The smallest absolute Gasteiger partial charge is 0.261 e. The Hall–Kier alpha value is -0.550. The van der Waals surface area contributed by atoms with Crippen molar-refractivity contribution < 1.29 is 13.0 Å². The lowest BCUT2D eigenvalue weighted by Crippen LogP contribution is -2.15. The van der Waals surface area contributed by atoms with Crippen LogP contribution >= 0.6 is 0 Å². The maximum Gasteiger partial charge on any atom is 0.261 e. The van der Waals surface area contributed by atoms with E-state index in [4.69, 9.17) is 4.55 Å². The van der Waals surface area contributed by atoms with Crippen LogP contribution in [0.2, 0.25) is 0 Å². The van der Waals surface area contributed by atoms with Gasteiger partial charge in [0, 0.05) is 13.1 Å². The lowest BCUT2D eigenvalue weighted by Gasteiger charge is -2.14. The Morgan fingerprint density at radius 3 is 2.10 bits per heavy atom. The summed E-state index contributed by atoms with van der Waals surface area (Å²) < 4.78 is 25.9. The van der Waals surface area contributed by atoms with E-state index in [0.717, 1.165) is 0 Å². The van der Waals surface area contributed by atoms with Crippen molar-refractivity contribution in [2.45, 2.75) is 71.6 Å². The molecule has 1 aliphatic heterocycles. The predicted octanol–water partition coefficient (Wildman–Crippen LogP) is 4.24. The fraction of sp³-hybridized carbons (Fsp3) is 0.875. The topological polar surface area (TPSA) is 57.6 Å². The average molecular weight is 320 g/mol. The normalized spacial score (nSPS) is 14.7. The number of nitrogens with zero attached hydrogens (tertiary/aromatic N) is 1. The van der Waals surface area contributed by atoms with Gasteiger partial charge in [0.15, 0.2) is 0 Å². The third kappa shape index (κ3) is 15.7. The summed E-state index contributed by atoms with van der Waals surface area (Å²) in [6, 6.07) is 0. The molecule has 0 saturated heterocycles. The Kier molecular flexibility index (Phi) is 11.7. The summed E-state index contributed by atoms with van der Waals surface area (Å²) in [4.78, 5) is 2.52. The zero-order valence-electron chi connectivity index (χ0n) is 14.0. The molecule has 0 atom stereocenters. The maximum atomic E-state index is 9.19. The van der Waals surface area contributed by atoms with E-state index >= 15 is 0 Å². The van der Waals surface area contributed by atoms with Crippen LogP contribution in [-0.2, 0) is 10.1 Å². The summed E-state index contributed by atoms with van der Waals surface area (Å²) in [6.07, 6.45) is 15.6. The van der Waals surface area contributed by atoms with Crippen LogP contribution in [0.3, 0.4) is 0 Å². The number of hydrogen-bond acceptors (Lipinski definition) is 3. The molecule has 1 heterocycles. The Morgan fingerprint density at radius 2 is 1.62 bits per heavy atom. The molecular weight excluding hydrogens is 286 g/mol. The van der Waals surface area contributed by atoms with Gasteiger partial charge in [0.2, 0.25) is 0 Å². The fourth-order valence-corrected chi connectivity index (χ4v) is 2.39. The van der Waals surface area contributed by atoms with Gasteiger partial charge in [-0.15, -0.1) is 0 Å². The molecule has 0 amide bonds. The highest BCUT2D eigenvalue weighted by Crippen LogP contribution is 2.17. The summed E-state index contributed by atoms with van der Waals surface area (Å²) in [5.74, 6) is 0. The van der Waals surface area contributed by atoms with Crippen LogP contribution in [0.1, 0.15) is 71.6 Å². The summed E-state index contributed by atoms with van der Waals surface area (Å²) in [5.41, 5.74) is 1.64. The molecule has 0 bridgehead atoms. The molecular formula is C16H33NO3S. The Bertz CT molecular complexity index is 369. The van der Waals surface area contributed by atoms with E-state index in [1.165, 1.54) is 70.9 Å². The number of unbranched alkanes of at least 4 members (excludes halogenated alkanes) is 6. The van der Waals surface area contributed by atoms with Crippen molar-refractivity contribution in [2.24, 2.45) is 0 Å². The van der Waals surface area contributed by atoms with Crippen molar-refractivity contribution in [3.63, 3.8) is 0 Å². The molecule has 1 rings (SSSR count). The average Bonchev–Trinajstić information content (AvgIpc) is 2.84. The second-order valence-electron chi connectivity index (χ2n) is 5.78. The second-order valence-corrected chi connectivity index (χ2v) is 7.25. The monoisotopic (exact) mass is 319 g/mol. The molecule has 1 aliphatic rings. The SMILES string of the molecule is CCCCCCCCCN1C=C(CC)CC1.CS(=O)(=O)O. The third-order valence-corrected chi connectivity index (χ3v) is 3.59. The van der Waals surface area contributed by atoms with Crippen LogP contribution in [0.5, 0.6) is 0 Å². The van der Waals surface area contributed by atoms with Gasteiger partial charge in [-0.3, -0.25) is 4.55 Å². The first-order valence-electron chi connectivity index (χ1n) is 8.22. The highest BCUT2D eigenvalue weighted by molar-refractivity contribution is 7.85. The molecule has 5 heteroatoms. The molecule has 0 saturated carbocycles. The van der Waals surface area contributed by atoms with Gasteiger partial charge in [0.25, 0.3) is 10.1 Å². The summed E-state index contributed by atoms with van der Waals surface area (Å²) in [5, 5.41) is 0. The zero-order chi connectivity index (χ0) is 16.1. The highest BCUT2D eigenvalue weighted by atomic mass is 32.2. The van der Waals surface area contributed by atoms with Gasteiger partial charge in [-0.1, -0.05) is 57.9 Å². The van der Waals surface area contributed by atoms with Gasteiger partial charge in [0.05, 0.1) is 6.26 Å². The Balaban J connectivity index is 0.000000690. The van der Waals surface area contributed by atoms with Gasteiger partial charge in [0.1, 0.15) is 0 Å². The Morgan fingerprint density at radius 1 is 1.10 bits per heavy atom. The van der Waals surface area contributed by atoms with Crippen molar-refractivity contribution in [1.82, 2.24) is 4.90 Å². The van der Waals surface area contributed by atoms with Crippen LogP contribution in [0.15, 0.2) is 11.8 Å². The van der Waals surface area contributed by atoms with Crippen molar-refractivity contribution in [2.75, 3.05) is 19.3 Å². The quantitative estimate of drug-likeness (QED) is 0.510. The van der Waals surface area contributed by atoms with Crippen molar-refractivity contribution >= 4 is 10.1 Å². The minimum Gasteiger partial charge on any atom is -0.377 e. The van der Waals surface area contributed by atoms with E-state index < -0.39 is 10.1 Å². The van der Waals surface area contributed by atoms with E-state index in [2.05, 4.69) is 24.9 Å². The molecule has 21 heavy (non-hydrogen) atoms. The van der Waals surface area contributed by atoms with Gasteiger partial charge >= 0.3 is 0 Å². The van der Waals surface area contributed by atoms with Gasteiger partial charge in [-0.25, -0.2) is 0 Å². The van der Waals surface area contributed by atoms with Crippen LogP contribution < -0.4 is 0 Å². The Labute approximate surface area is 131 Å².